The largest absolute Gasteiger partial charge is 0.454 e. The molecule has 4 rings (SSSR count). The molecule has 0 spiro atoms. The third kappa shape index (κ3) is 4.65. The highest BCUT2D eigenvalue weighted by Gasteiger charge is 2.34. The maximum Gasteiger partial charge on any atom is 0.293 e. The van der Waals surface area contributed by atoms with Gasteiger partial charge in [-0.3, -0.25) is 19.3 Å². The van der Waals surface area contributed by atoms with Crippen LogP contribution in [0.25, 0.3) is 6.08 Å². The van der Waals surface area contributed by atoms with E-state index >= 15 is 0 Å². The average Bonchev–Trinajstić information content (AvgIpc) is 3.32. The van der Waals surface area contributed by atoms with Crippen LogP contribution in [-0.2, 0) is 16.0 Å². The van der Waals surface area contributed by atoms with Crippen LogP contribution in [0.2, 0.25) is 0 Å². The van der Waals surface area contributed by atoms with E-state index < -0.39 is 0 Å². The highest BCUT2D eigenvalue weighted by molar-refractivity contribution is 8.18. The first-order valence-electron chi connectivity index (χ1n) is 9.56. The molecule has 0 aliphatic carbocycles. The minimum Gasteiger partial charge on any atom is -0.454 e. The Morgan fingerprint density at radius 3 is 2.73 bits per heavy atom. The van der Waals surface area contributed by atoms with E-state index in [2.05, 4.69) is 5.32 Å². The van der Waals surface area contributed by atoms with Crippen molar-refractivity contribution in [2.24, 2.45) is 0 Å². The molecule has 154 valence electrons. The predicted molar refractivity (Wildman–Crippen MR) is 113 cm³/mol. The molecule has 0 aromatic heterocycles. The number of aryl methyl sites for hydroxylation is 1. The number of nitrogens with zero attached hydrogens (tertiary/aromatic N) is 1. The quantitative estimate of drug-likeness (QED) is 0.687. The lowest BCUT2D eigenvalue weighted by atomic mass is 10.1. The monoisotopic (exact) mass is 424 g/mol. The molecule has 1 saturated heterocycles. The van der Waals surface area contributed by atoms with Crippen molar-refractivity contribution in [3.05, 3.63) is 64.6 Å². The van der Waals surface area contributed by atoms with Crippen molar-refractivity contribution in [1.82, 2.24) is 10.2 Å². The summed E-state index contributed by atoms with van der Waals surface area (Å²) in [5, 5.41) is 2.43. The van der Waals surface area contributed by atoms with Crippen LogP contribution >= 0.6 is 11.8 Å². The van der Waals surface area contributed by atoms with Gasteiger partial charge in [0.15, 0.2) is 11.5 Å². The molecule has 0 saturated carbocycles. The van der Waals surface area contributed by atoms with Crippen molar-refractivity contribution < 1.29 is 23.9 Å². The third-order valence-electron chi connectivity index (χ3n) is 4.71. The second kappa shape index (κ2) is 9.04. The molecule has 1 N–H and O–H groups in total. The van der Waals surface area contributed by atoms with Gasteiger partial charge in [0.1, 0.15) is 0 Å². The van der Waals surface area contributed by atoms with E-state index in [0.29, 0.717) is 29.2 Å². The minimum absolute atomic E-state index is 0.110. The van der Waals surface area contributed by atoms with Crippen molar-refractivity contribution in [2.75, 3.05) is 19.9 Å². The van der Waals surface area contributed by atoms with Crippen molar-refractivity contribution in [3.8, 4) is 11.5 Å². The first kappa shape index (κ1) is 20.0. The molecule has 7 nitrogen and oxygen atoms in total. The van der Waals surface area contributed by atoms with E-state index in [1.165, 1.54) is 0 Å². The Hall–Kier alpha value is -3.26. The molecule has 0 bridgehead atoms. The number of benzene rings is 2. The summed E-state index contributed by atoms with van der Waals surface area (Å²) in [6.07, 6.45) is 2.66. The van der Waals surface area contributed by atoms with Crippen molar-refractivity contribution in [2.45, 2.75) is 12.8 Å². The fourth-order valence-corrected chi connectivity index (χ4v) is 4.01. The summed E-state index contributed by atoms with van der Waals surface area (Å²) in [4.78, 5) is 38.3. The number of nitrogens with one attached hydrogen (secondary N) is 1. The Morgan fingerprint density at radius 2 is 1.90 bits per heavy atom. The van der Waals surface area contributed by atoms with Gasteiger partial charge in [-0.05, 0) is 47.5 Å². The van der Waals surface area contributed by atoms with E-state index in [0.717, 1.165) is 27.8 Å². The van der Waals surface area contributed by atoms with Gasteiger partial charge in [0.25, 0.3) is 11.1 Å². The second-order valence-corrected chi connectivity index (χ2v) is 7.77. The highest BCUT2D eigenvalue weighted by atomic mass is 32.2. The Morgan fingerprint density at radius 1 is 1.10 bits per heavy atom. The molecule has 2 heterocycles. The first-order chi connectivity index (χ1) is 14.6. The van der Waals surface area contributed by atoms with E-state index in [9.17, 15) is 14.4 Å². The number of ether oxygens (including phenoxy) is 2. The zero-order chi connectivity index (χ0) is 20.9. The van der Waals surface area contributed by atoms with E-state index in [4.69, 9.17) is 9.47 Å². The number of hydrogen-bond acceptors (Lipinski definition) is 6. The Labute approximate surface area is 178 Å². The highest BCUT2D eigenvalue weighted by Crippen LogP contribution is 2.36. The lowest BCUT2D eigenvalue weighted by Gasteiger charge is -2.13. The molecular weight excluding hydrogens is 404 g/mol. The summed E-state index contributed by atoms with van der Waals surface area (Å²) >= 11 is 0.890. The summed E-state index contributed by atoms with van der Waals surface area (Å²) in [6, 6.07) is 15.1. The molecule has 0 atom stereocenters. The summed E-state index contributed by atoms with van der Waals surface area (Å²) in [6.45, 7) is 0.537. The van der Waals surface area contributed by atoms with E-state index in [1.54, 1.807) is 24.3 Å². The van der Waals surface area contributed by atoms with E-state index in [1.807, 2.05) is 30.3 Å². The van der Waals surface area contributed by atoms with E-state index in [-0.39, 0.29) is 36.9 Å². The molecule has 2 aliphatic rings. The Bertz CT molecular complexity index is 1010. The third-order valence-corrected chi connectivity index (χ3v) is 5.62. The zero-order valence-corrected chi connectivity index (χ0v) is 16.9. The van der Waals surface area contributed by atoms with Gasteiger partial charge in [0, 0.05) is 19.5 Å². The number of fused-ring (bicyclic) bond motifs is 1. The fourth-order valence-electron chi connectivity index (χ4n) is 3.15. The number of imide groups is 1. The molecule has 8 heteroatoms. The standard InChI is InChI=1S/C22H20N2O5S/c25-20(9-7-15-4-2-1-3-5-15)23-10-11-24-21(26)19(30-22(24)27)13-16-6-8-17-18(12-16)29-14-28-17/h1-6,8,12-13H,7,9-11,14H2,(H,23,25)/b19-13-. The van der Waals surface area contributed by atoms with Crippen LogP contribution in [0.1, 0.15) is 17.5 Å². The minimum atomic E-state index is -0.360. The fraction of sp³-hybridized carbons (Fsp3) is 0.227. The molecule has 0 unspecified atom stereocenters. The van der Waals surface area contributed by atoms with Gasteiger partial charge in [-0.1, -0.05) is 36.4 Å². The summed E-state index contributed by atoms with van der Waals surface area (Å²) in [5.41, 5.74) is 1.84. The van der Waals surface area contributed by atoms with Crippen LogP contribution in [-0.4, -0.2) is 41.8 Å². The van der Waals surface area contributed by atoms with Gasteiger partial charge in [0.2, 0.25) is 12.7 Å². The lowest BCUT2D eigenvalue weighted by molar-refractivity contribution is -0.124. The number of rotatable bonds is 7. The van der Waals surface area contributed by atoms with Gasteiger partial charge in [-0.2, -0.15) is 0 Å². The predicted octanol–water partition coefficient (Wildman–Crippen LogP) is 3.20. The zero-order valence-electron chi connectivity index (χ0n) is 16.1. The normalized spacial score (nSPS) is 16.4. The first-order valence-corrected chi connectivity index (χ1v) is 10.4. The Balaban J connectivity index is 1.28. The molecule has 30 heavy (non-hydrogen) atoms. The van der Waals surface area contributed by atoms with Gasteiger partial charge in [-0.15, -0.1) is 0 Å². The SMILES string of the molecule is O=C(CCc1ccccc1)NCCN1C(=O)S/C(=C\c2ccc3c(c2)OCO3)C1=O. The summed E-state index contributed by atoms with van der Waals surface area (Å²) in [5.74, 6) is 0.799. The smallest absolute Gasteiger partial charge is 0.293 e. The van der Waals surface area contributed by atoms with Crippen LogP contribution in [0, 0.1) is 0 Å². The summed E-state index contributed by atoms with van der Waals surface area (Å²) < 4.78 is 10.6. The number of thioether (sulfide) groups is 1. The molecule has 1 fully saturated rings. The molecule has 2 aromatic carbocycles. The molecule has 2 aromatic rings. The maximum absolute atomic E-state index is 12.6. The van der Waals surface area contributed by atoms with Crippen LogP contribution in [0.5, 0.6) is 11.5 Å². The number of carbonyl (C=O) groups is 3. The number of amides is 3. The van der Waals surface area contributed by atoms with Crippen molar-refractivity contribution >= 4 is 34.9 Å². The van der Waals surface area contributed by atoms with Crippen LogP contribution in [0.15, 0.2) is 53.4 Å². The van der Waals surface area contributed by atoms with Crippen LogP contribution < -0.4 is 14.8 Å². The lowest BCUT2D eigenvalue weighted by Crippen LogP contribution is -2.37. The maximum atomic E-state index is 12.6. The Kier molecular flexibility index (Phi) is 6.04. The second-order valence-electron chi connectivity index (χ2n) is 6.78. The molecule has 2 aliphatic heterocycles. The van der Waals surface area contributed by atoms with Crippen molar-refractivity contribution in [1.29, 1.82) is 0 Å². The van der Waals surface area contributed by atoms with Gasteiger partial charge >= 0.3 is 0 Å². The molecular formula is C22H20N2O5S. The van der Waals surface area contributed by atoms with Gasteiger partial charge in [-0.25, -0.2) is 0 Å². The number of carbonyl (C=O) groups excluding carboxylic acids is 3. The number of hydrogen-bond donors (Lipinski definition) is 1. The van der Waals surface area contributed by atoms with Crippen LogP contribution in [0.3, 0.4) is 0 Å². The summed E-state index contributed by atoms with van der Waals surface area (Å²) in [7, 11) is 0. The van der Waals surface area contributed by atoms with Crippen LogP contribution in [0.4, 0.5) is 4.79 Å². The topological polar surface area (TPSA) is 84.9 Å². The van der Waals surface area contributed by atoms with Gasteiger partial charge < -0.3 is 14.8 Å². The molecule has 3 amide bonds. The van der Waals surface area contributed by atoms with Gasteiger partial charge in [0.05, 0.1) is 4.91 Å². The average molecular weight is 424 g/mol. The van der Waals surface area contributed by atoms with Crippen molar-refractivity contribution in [3.63, 3.8) is 0 Å². The molecule has 0 radical (unpaired) electrons.